The zero-order valence-electron chi connectivity index (χ0n) is 13.2. The Bertz CT molecular complexity index is 497. The second-order valence-electron chi connectivity index (χ2n) is 6.84. The molecule has 2 fully saturated rings. The van der Waals surface area contributed by atoms with E-state index in [1.807, 2.05) is 0 Å². The molecule has 22 heavy (non-hydrogen) atoms. The maximum absolute atomic E-state index is 9.65. The molecule has 2 aliphatic rings. The van der Waals surface area contributed by atoms with Crippen LogP contribution in [-0.4, -0.2) is 35.2 Å². The Morgan fingerprint density at radius 3 is 2.14 bits per heavy atom. The summed E-state index contributed by atoms with van der Waals surface area (Å²) < 4.78 is 0. The van der Waals surface area contributed by atoms with Gasteiger partial charge in [0.25, 0.3) is 0 Å². The van der Waals surface area contributed by atoms with E-state index < -0.39 is 0 Å². The lowest BCUT2D eigenvalue weighted by Gasteiger charge is -2.40. The average molecular weight is 317 g/mol. The molecule has 0 spiro atoms. The molecule has 0 atom stereocenters. The Morgan fingerprint density at radius 1 is 1.00 bits per heavy atom. The molecule has 1 aliphatic heterocycles. The largest absolute Gasteiger partial charge is 0.393 e. The number of aliphatic hydroxyl groups is 1. The standard InChI is InChI=1S/C19H27NOS/c1-14(22)15-2-4-16(5-3-15)17-10-12-20(13-11-17)18-6-8-19(21)9-7-18/h2-5,17-19,21-22H,1,6-13H2. The highest BCUT2D eigenvalue weighted by molar-refractivity contribution is 7.90. The first-order chi connectivity index (χ1) is 10.6. The van der Waals surface area contributed by atoms with Crippen molar-refractivity contribution < 1.29 is 5.11 Å². The molecule has 0 amide bonds. The lowest BCUT2D eigenvalue weighted by atomic mass is 9.86. The highest BCUT2D eigenvalue weighted by Gasteiger charge is 2.28. The molecule has 1 saturated heterocycles. The van der Waals surface area contributed by atoms with Crippen LogP contribution in [-0.2, 0) is 0 Å². The molecule has 0 unspecified atom stereocenters. The number of nitrogens with zero attached hydrogens (tertiary/aromatic N) is 1. The third kappa shape index (κ3) is 3.76. The first-order valence-corrected chi connectivity index (χ1v) is 8.98. The Balaban J connectivity index is 1.54. The predicted octanol–water partition coefficient (Wildman–Crippen LogP) is 4.07. The van der Waals surface area contributed by atoms with E-state index in [1.54, 1.807) is 0 Å². The van der Waals surface area contributed by atoms with Crippen LogP contribution in [0.15, 0.2) is 30.8 Å². The molecular formula is C19H27NOS. The van der Waals surface area contributed by atoms with Crippen molar-refractivity contribution >= 4 is 17.5 Å². The zero-order valence-corrected chi connectivity index (χ0v) is 14.1. The minimum absolute atomic E-state index is 0.0473. The van der Waals surface area contributed by atoms with Crippen molar-refractivity contribution in [3.05, 3.63) is 42.0 Å². The van der Waals surface area contributed by atoms with Gasteiger partial charge in [0, 0.05) is 10.9 Å². The van der Waals surface area contributed by atoms with Crippen molar-refractivity contribution in [2.75, 3.05) is 13.1 Å². The molecule has 0 aromatic heterocycles. The van der Waals surface area contributed by atoms with Crippen molar-refractivity contribution in [2.45, 2.75) is 56.6 Å². The lowest BCUT2D eigenvalue weighted by molar-refractivity contribution is 0.0618. The van der Waals surface area contributed by atoms with Gasteiger partial charge in [0.1, 0.15) is 0 Å². The van der Waals surface area contributed by atoms with Gasteiger partial charge in [-0.15, -0.1) is 12.6 Å². The fraction of sp³-hybridized carbons (Fsp3) is 0.579. The fourth-order valence-corrected chi connectivity index (χ4v) is 4.12. The van der Waals surface area contributed by atoms with Gasteiger partial charge in [-0.25, -0.2) is 0 Å². The van der Waals surface area contributed by atoms with E-state index in [2.05, 4.69) is 48.4 Å². The van der Waals surface area contributed by atoms with Gasteiger partial charge < -0.3 is 10.0 Å². The molecule has 3 heteroatoms. The molecule has 1 aromatic carbocycles. The fourth-order valence-electron chi connectivity index (χ4n) is 3.97. The number of piperidine rings is 1. The van der Waals surface area contributed by atoms with E-state index in [0.29, 0.717) is 12.0 Å². The Kier molecular flexibility index (Phi) is 5.27. The summed E-state index contributed by atoms with van der Waals surface area (Å²) in [5.41, 5.74) is 2.57. The lowest BCUT2D eigenvalue weighted by Crippen LogP contribution is -2.43. The van der Waals surface area contributed by atoms with E-state index in [0.717, 1.165) is 23.3 Å². The number of hydrogen-bond acceptors (Lipinski definition) is 3. The number of likely N-dealkylation sites (tertiary alicyclic amines) is 1. The summed E-state index contributed by atoms with van der Waals surface area (Å²) in [7, 11) is 0. The summed E-state index contributed by atoms with van der Waals surface area (Å²) in [4.78, 5) is 3.49. The molecule has 1 aromatic rings. The SMILES string of the molecule is C=C(S)c1ccc(C2CCN(C3CCC(O)CC3)CC2)cc1. The zero-order chi connectivity index (χ0) is 15.5. The number of thiol groups is 1. The third-order valence-electron chi connectivity index (χ3n) is 5.43. The molecule has 120 valence electrons. The summed E-state index contributed by atoms with van der Waals surface area (Å²) in [5.74, 6) is 0.688. The molecule has 0 bridgehead atoms. The minimum atomic E-state index is -0.0473. The summed E-state index contributed by atoms with van der Waals surface area (Å²) in [6.07, 6.45) is 6.77. The number of aliphatic hydroxyl groups excluding tert-OH is 1. The molecule has 2 nitrogen and oxygen atoms in total. The van der Waals surface area contributed by atoms with Crippen LogP contribution in [0.2, 0.25) is 0 Å². The summed E-state index contributed by atoms with van der Waals surface area (Å²) >= 11 is 4.31. The normalized spacial score (nSPS) is 27.7. The molecule has 1 saturated carbocycles. The van der Waals surface area contributed by atoms with Gasteiger partial charge in [-0.05, 0) is 68.7 Å². The molecule has 1 heterocycles. The van der Waals surface area contributed by atoms with Crippen molar-refractivity contribution in [1.29, 1.82) is 0 Å². The van der Waals surface area contributed by atoms with Crippen molar-refractivity contribution in [3.63, 3.8) is 0 Å². The van der Waals surface area contributed by atoms with Gasteiger partial charge in [-0.3, -0.25) is 0 Å². The first kappa shape index (κ1) is 16.1. The van der Waals surface area contributed by atoms with Crippen molar-refractivity contribution in [3.8, 4) is 0 Å². The van der Waals surface area contributed by atoms with Gasteiger partial charge in [-0.2, -0.15) is 0 Å². The quantitative estimate of drug-likeness (QED) is 0.821. The molecule has 3 rings (SSSR count). The van der Waals surface area contributed by atoms with Crippen LogP contribution in [0.5, 0.6) is 0 Å². The maximum atomic E-state index is 9.65. The van der Waals surface area contributed by atoms with Crippen LogP contribution in [0.3, 0.4) is 0 Å². The van der Waals surface area contributed by atoms with E-state index in [-0.39, 0.29) is 6.10 Å². The van der Waals surface area contributed by atoms with Crippen LogP contribution < -0.4 is 0 Å². The highest BCUT2D eigenvalue weighted by Crippen LogP contribution is 2.32. The minimum Gasteiger partial charge on any atom is -0.393 e. The average Bonchev–Trinajstić information content (AvgIpc) is 2.56. The van der Waals surface area contributed by atoms with Gasteiger partial charge in [0.15, 0.2) is 0 Å². The van der Waals surface area contributed by atoms with E-state index in [4.69, 9.17) is 0 Å². The van der Waals surface area contributed by atoms with Crippen molar-refractivity contribution in [2.24, 2.45) is 0 Å². The molecule has 1 aliphatic carbocycles. The smallest absolute Gasteiger partial charge is 0.0541 e. The highest BCUT2D eigenvalue weighted by atomic mass is 32.1. The third-order valence-corrected chi connectivity index (χ3v) is 5.69. The summed E-state index contributed by atoms with van der Waals surface area (Å²) in [5, 5.41) is 9.65. The Labute approximate surface area is 139 Å². The predicted molar refractivity (Wildman–Crippen MR) is 96.3 cm³/mol. The van der Waals surface area contributed by atoms with Crippen LogP contribution >= 0.6 is 12.6 Å². The van der Waals surface area contributed by atoms with Crippen LogP contribution in [0.1, 0.15) is 55.6 Å². The maximum Gasteiger partial charge on any atom is 0.0541 e. The second-order valence-corrected chi connectivity index (χ2v) is 7.38. The van der Waals surface area contributed by atoms with Gasteiger partial charge in [0.05, 0.1) is 6.10 Å². The first-order valence-electron chi connectivity index (χ1n) is 8.54. The Morgan fingerprint density at radius 2 is 1.59 bits per heavy atom. The Hall–Kier alpha value is -0.770. The number of benzene rings is 1. The van der Waals surface area contributed by atoms with Crippen LogP contribution in [0, 0.1) is 0 Å². The van der Waals surface area contributed by atoms with E-state index in [9.17, 15) is 5.11 Å². The van der Waals surface area contributed by atoms with Crippen molar-refractivity contribution in [1.82, 2.24) is 4.90 Å². The molecule has 1 N–H and O–H groups in total. The van der Waals surface area contributed by atoms with Gasteiger partial charge in [0.2, 0.25) is 0 Å². The van der Waals surface area contributed by atoms with E-state index >= 15 is 0 Å². The van der Waals surface area contributed by atoms with Gasteiger partial charge in [-0.1, -0.05) is 30.8 Å². The molecular weight excluding hydrogens is 290 g/mol. The van der Waals surface area contributed by atoms with Gasteiger partial charge >= 0.3 is 0 Å². The second kappa shape index (κ2) is 7.20. The summed E-state index contributed by atoms with van der Waals surface area (Å²) in [6, 6.07) is 9.47. The number of hydrogen-bond donors (Lipinski definition) is 2. The topological polar surface area (TPSA) is 23.5 Å². The van der Waals surface area contributed by atoms with Crippen LogP contribution in [0.25, 0.3) is 4.91 Å². The summed E-state index contributed by atoms with van der Waals surface area (Å²) in [6.45, 7) is 6.28. The molecule has 0 radical (unpaired) electrons. The monoisotopic (exact) mass is 317 g/mol. The van der Waals surface area contributed by atoms with Crippen LogP contribution in [0.4, 0.5) is 0 Å². The number of rotatable bonds is 3. The van der Waals surface area contributed by atoms with E-state index in [1.165, 1.54) is 44.3 Å².